The number of hydrogen-bond donors (Lipinski definition) is 2. The van der Waals surface area contributed by atoms with Gasteiger partial charge in [0.2, 0.25) is 0 Å². The van der Waals surface area contributed by atoms with Gasteiger partial charge in [-0.05, 0) is 37.1 Å². The van der Waals surface area contributed by atoms with Crippen LogP contribution >= 0.6 is 11.6 Å². The van der Waals surface area contributed by atoms with Crippen molar-refractivity contribution in [2.45, 2.75) is 26.8 Å². The molecule has 0 amide bonds. The van der Waals surface area contributed by atoms with Crippen LogP contribution in [-0.2, 0) is 0 Å². The maximum atomic E-state index is 8.34. The molecule has 20 heavy (non-hydrogen) atoms. The molecule has 1 unspecified atom stereocenters. The second kappa shape index (κ2) is 5.83. The third-order valence-corrected chi connectivity index (χ3v) is 3.95. The van der Waals surface area contributed by atoms with Gasteiger partial charge in [-0.2, -0.15) is 0 Å². The summed E-state index contributed by atoms with van der Waals surface area (Å²) in [6.07, 6.45) is 0. The zero-order valence-corrected chi connectivity index (χ0v) is 12.9. The normalized spacial score (nSPS) is 19.1. The van der Waals surface area contributed by atoms with Crippen molar-refractivity contribution in [2.24, 2.45) is 5.92 Å². The molecule has 4 nitrogen and oxygen atoms in total. The minimum Gasteiger partial charge on any atom is -0.341 e. The Labute approximate surface area is 125 Å². The van der Waals surface area contributed by atoms with Crippen LogP contribution in [0.4, 0.5) is 5.69 Å². The molecule has 1 aromatic carbocycles. The van der Waals surface area contributed by atoms with E-state index < -0.39 is 0 Å². The van der Waals surface area contributed by atoms with E-state index in [9.17, 15) is 0 Å². The first-order chi connectivity index (χ1) is 9.45. The second-order valence-corrected chi connectivity index (χ2v) is 5.77. The Morgan fingerprint density at radius 1 is 1.35 bits per heavy atom. The van der Waals surface area contributed by atoms with E-state index in [4.69, 9.17) is 22.4 Å². The lowest BCUT2D eigenvalue weighted by Gasteiger charge is -2.27. The maximum absolute atomic E-state index is 8.34. The van der Waals surface area contributed by atoms with Crippen LogP contribution in [0.1, 0.15) is 20.8 Å². The quantitative estimate of drug-likeness (QED) is 0.835. The molecular formula is C15H21ClN4. The predicted octanol–water partition coefficient (Wildman–Crippen LogP) is 3.46. The van der Waals surface area contributed by atoms with E-state index in [1.807, 2.05) is 54.8 Å². The van der Waals surface area contributed by atoms with Crippen LogP contribution in [0, 0.1) is 16.7 Å². The zero-order valence-electron chi connectivity index (χ0n) is 12.2. The number of halogens is 1. The molecule has 1 aliphatic rings. The Morgan fingerprint density at radius 3 is 2.45 bits per heavy atom. The monoisotopic (exact) mass is 292 g/mol. The molecule has 0 spiro atoms. The minimum atomic E-state index is -0.0661. The lowest BCUT2D eigenvalue weighted by Crippen LogP contribution is -2.41. The molecule has 108 valence electrons. The van der Waals surface area contributed by atoms with Crippen LogP contribution in [0.5, 0.6) is 0 Å². The Bertz CT molecular complexity index is 509. The van der Waals surface area contributed by atoms with Crippen molar-refractivity contribution in [1.82, 2.24) is 4.90 Å². The summed E-state index contributed by atoms with van der Waals surface area (Å²) < 4.78 is 0. The van der Waals surface area contributed by atoms with Crippen molar-refractivity contribution >= 4 is 29.0 Å². The third-order valence-electron chi connectivity index (χ3n) is 3.70. The highest BCUT2D eigenvalue weighted by Crippen LogP contribution is 2.27. The van der Waals surface area contributed by atoms with E-state index in [2.05, 4.69) is 0 Å². The van der Waals surface area contributed by atoms with E-state index in [1.165, 1.54) is 0 Å². The van der Waals surface area contributed by atoms with Crippen molar-refractivity contribution in [3.05, 3.63) is 29.3 Å². The Balaban J connectivity index is 2.37. The Morgan fingerprint density at radius 2 is 1.95 bits per heavy atom. The van der Waals surface area contributed by atoms with Gasteiger partial charge in [0.1, 0.15) is 0 Å². The van der Waals surface area contributed by atoms with Gasteiger partial charge < -0.3 is 15.2 Å². The van der Waals surface area contributed by atoms with Crippen LogP contribution in [0.3, 0.4) is 0 Å². The van der Waals surface area contributed by atoms with Crippen molar-refractivity contribution in [1.29, 1.82) is 10.8 Å². The van der Waals surface area contributed by atoms with E-state index in [0.717, 1.165) is 12.2 Å². The van der Waals surface area contributed by atoms with Crippen LogP contribution in [-0.4, -0.2) is 35.7 Å². The van der Waals surface area contributed by atoms with Crippen LogP contribution < -0.4 is 4.90 Å². The molecule has 0 aromatic heterocycles. The number of nitrogens with one attached hydrogen (secondary N) is 2. The lowest BCUT2D eigenvalue weighted by atomic mass is 10.00. The van der Waals surface area contributed by atoms with Gasteiger partial charge in [0.25, 0.3) is 0 Å². The van der Waals surface area contributed by atoms with Gasteiger partial charge in [0, 0.05) is 29.5 Å². The summed E-state index contributed by atoms with van der Waals surface area (Å²) in [6, 6.07) is 7.42. The van der Waals surface area contributed by atoms with Crippen molar-refractivity contribution < 1.29 is 0 Å². The van der Waals surface area contributed by atoms with E-state index in [1.54, 1.807) is 0 Å². The van der Waals surface area contributed by atoms with Crippen molar-refractivity contribution in [3.8, 4) is 0 Å². The fraction of sp³-hybridized carbons (Fsp3) is 0.467. The van der Waals surface area contributed by atoms with Crippen LogP contribution in [0.15, 0.2) is 24.3 Å². The summed E-state index contributed by atoms with van der Waals surface area (Å²) in [4.78, 5) is 3.93. The third kappa shape index (κ3) is 2.66. The molecule has 2 rings (SSSR count). The molecule has 1 atom stereocenters. The van der Waals surface area contributed by atoms with Gasteiger partial charge in [0.15, 0.2) is 5.96 Å². The number of anilines is 1. The summed E-state index contributed by atoms with van der Waals surface area (Å²) >= 11 is 5.94. The summed E-state index contributed by atoms with van der Waals surface area (Å²) in [7, 11) is 0. The summed E-state index contributed by atoms with van der Waals surface area (Å²) in [5, 5.41) is 17.4. The number of nitrogens with zero attached hydrogens (tertiary/aromatic N) is 2. The van der Waals surface area contributed by atoms with E-state index in [0.29, 0.717) is 23.2 Å². The smallest absolute Gasteiger partial charge is 0.199 e. The van der Waals surface area contributed by atoms with Gasteiger partial charge in [-0.3, -0.25) is 5.41 Å². The number of rotatable bonds is 4. The van der Waals surface area contributed by atoms with Gasteiger partial charge in [-0.1, -0.05) is 25.4 Å². The Kier molecular flexibility index (Phi) is 4.33. The molecular weight excluding hydrogens is 272 g/mol. The Hall–Kier alpha value is -1.55. The molecule has 0 radical (unpaired) electrons. The van der Waals surface area contributed by atoms with Crippen molar-refractivity contribution in [3.63, 3.8) is 0 Å². The first kappa shape index (κ1) is 14.9. The highest BCUT2D eigenvalue weighted by atomic mass is 35.5. The minimum absolute atomic E-state index is 0.0661. The average Bonchev–Trinajstić information content (AvgIpc) is 2.75. The summed E-state index contributed by atoms with van der Waals surface area (Å²) in [5.74, 6) is 0.643. The molecule has 0 aliphatic carbocycles. The molecule has 1 saturated heterocycles. The lowest BCUT2D eigenvalue weighted by molar-refractivity contribution is 0.472. The number of likely N-dealkylation sites (N-methyl/N-ethyl adjacent to an activating group) is 1. The van der Waals surface area contributed by atoms with Crippen molar-refractivity contribution in [2.75, 3.05) is 18.0 Å². The van der Waals surface area contributed by atoms with Gasteiger partial charge in [-0.15, -0.1) is 0 Å². The molecule has 0 bridgehead atoms. The second-order valence-electron chi connectivity index (χ2n) is 5.33. The van der Waals surface area contributed by atoms with Gasteiger partial charge in [0.05, 0.1) is 6.04 Å². The summed E-state index contributed by atoms with van der Waals surface area (Å²) in [6.45, 7) is 7.58. The molecule has 2 N–H and O–H groups in total. The van der Waals surface area contributed by atoms with Crippen LogP contribution in [0.2, 0.25) is 5.02 Å². The highest BCUT2D eigenvalue weighted by Gasteiger charge is 2.37. The molecule has 5 heteroatoms. The van der Waals surface area contributed by atoms with E-state index >= 15 is 0 Å². The first-order valence-corrected chi connectivity index (χ1v) is 7.30. The largest absolute Gasteiger partial charge is 0.341 e. The fourth-order valence-corrected chi connectivity index (χ4v) is 2.61. The summed E-state index contributed by atoms with van der Waals surface area (Å²) in [5.41, 5.74) is 1.59. The zero-order chi connectivity index (χ0) is 14.9. The molecule has 0 saturated carbocycles. The number of hydrogen-bond acceptors (Lipinski definition) is 2. The topological polar surface area (TPSA) is 54.2 Å². The van der Waals surface area contributed by atoms with Crippen LogP contribution in [0.25, 0.3) is 0 Å². The molecule has 1 heterocycles. The SMILES string of the molecule is CCN1CC(C(=N)C(C)C)N(c2ccc(Cl)cc2)C1=N. The highest BCUT2D eigenvalue weighted by molar-refractivity contribution is 6.30. The fourth-order valence-electron chi connectivity index (χ4n) is 2.48. The van der Waals surface area contributed by atoms with Gasteiger partial charge in [-0.25, -0.2) is 0 Å². The first-order valence-electron chi connectivity index (χ1n) is 6.92. The molecule has 1 aromatic rings. The van der Waals surface area contributed by atoms with E-state index in [-0.39, 0.29) is 12.0 Å². The number of guanidine groups is 1. The van der Waals surface area contributed by atoms with Gasteiger partial charge >= 0.3 is 0 Å². The maximum Gasteiger partial charge on any atom is 0.199 e. The molecule has 1 aliphatic heterocycles. The standard InChI is InChI=1S/C15H21ClN4/c1-4-19-9-13(14(17)10(2)3)20(15(19)18)12-7-5-11(16)6-8-12/h5-8,10,13,17-18H,4,9H2,1-3H3. The predicted molar refractivity (Wildman–Crippen MR) is 85.3 cm³/mol. The molecule has 1 fully saturated rings. The average molecular weight is 293 g/mol. The number of benzene rings is 1.